The monoisotopic (exact) mass is 476 g/mol. The van der Waals surface area contributed by atoms with Crippen molar-refractivity contribution in [3.05, 3.63) is 59.7 Å². The largest absolute Gasteiger partial charge is 0.480 e. The van der Waals surface area contributed by atoms with Crippen LogP contribution < -0.4 is 10.6 Å². The molecular weight excluding hydrogens is 452 g/mol. The minimum absolute atomic E-state index is 0.253. The van der Waals surface area contributed by atoms with E-state index in [1.807, 2.05) is 0 Å². The number of carbonyl (C=O) groups excluding carboxylic acids is 2. The Morgan fingerprint density at radius 1 is 0.719 bits per heavy atom. The van der Waals surface area contributed by atoms with E-state index in [2.05, 4.69) is 10.6 Å². The van der Waals surface area contributed by atoms with E-state index in [0.29, 0.717) is 20.9 Å². The van der Waals surface area contributed by atoms with Crippen molar-refractivity contribution in [1.82, 2.24) is 10.6 Å². The number of nitrogens with one attached hydrogen (secondary N) is 2. The summed E-state index contributed by atoms with van der Waals surface area (Å²) in [5.74, 6) is -3.21. The number of rotatable bonds is 11. The molecule has 0 radical (unpaired) electrons. The zero-order valence-electron chi connectivity index (χ0n) is 17.5. The highest BCUT2D eigenvalue weighted by atomic mass is 33.1. The number of carboxylic acid groups (broad SMARTS) is 2. The molecular formula is C22H24N2O6S2. The molecule has 0 spiro atoms. The highest BCUT2D eigenvalue weighted by molar-refractivity contribution is 8.76. The summed E-state index contributed by atoms with van der Waals surface area (Å²) in [5.41, 5.74) is 0.645. The van der Waals surface area contributed by atoms with Gasteiger partial charge in [0.25, 0.3) is 11.8 Å². The first-order valence-corrected chi connectivity index (χ1v) is 12.0. The predicted octanol–water partition coefficient (Wildman–Crippen LogP) is 3.67. The van der Waals surface area contributed by atoms with E-state index < -0.39 is 35.8 Å². The zero-order chi connectivity index (χ0) is 23.7. The standard InChI is InChI=1S/C22H24N2O6S2/c1-3-15(21(27)28)23-19(25)13-9-5-7-11-17(13)31-32-18-12-8-6-10-14(18)20(26)24-16(4-2)22(29)30/h5-12,15-16H,3-4H2,1-2H3,(H,23,25)(H,24,26)(H,27,28)(H,29,30). The average molecular weight is 477 g/mol. The van der Waals surface area contributed by atoms with Crippen LogP contribution in [0.25, 0.3) is 0 Å². The third-order valence-electron chi connectivity index (χ3n) is 4.51. The molecule has 0 saturated heterocycles. The van der Waals surface area contributed by atoms with Gasteiger partial charge in [-0.25, -0.2) is 9.59 Å². The number of carboxylic acids is 2. The molecule has 2 unspecified atom stereocenters. The third-order valence-corrected chi connectivity index (χ3v) is 6.99. The van der Waals surface area contributed by atoms with Gasteiger partial charge in [0.05, 0.1) is 11.1 Å². The second-order valence-electron chi connectivity index (χ2n) is 6.70. The van der Waals surface area contributed by atoms with Crippen LogP contribution in [0.1, 0.15) is 47.4 Å². The summed E-state index contributed by atoms with van der Waals surface area (Å²) in [6.45, 7) is 3.34. The van der Waals surface area contributed by atoms with E-state index in [9.17, 15) is 29.4 Å². The van der Waals surface area contributed by atoms with Crippen molar-refractivity contribution >= 4 is 45.3 Å². The molecule has 0 aliphatic carbocycles. The minimum atomic E-state index is -1.10. The second-order valence-corrected chi connectivity index (χ2v) is 8.92. The van der Waals surface area contributed by atoms with Crippen molar-refractivity contribution in [1.29, 1.82) is 0 Å². The van der Waals surface area contributed by atoms with Gasteiger partial charge in [-0.2, -0.15) is 0 Å². The van der Waals surface area contributed by atoms with Gasteiger partial charge in [0.2, 0.25) is 0 Å². The Morgan fingerprint density at radius 3 is 1.38 bits per heavy atom. The molecule has 2 amide bonds. The smallest absolute Gasteiger partial charge is 0.326 e. The van der Waals surface area contributed by atoms with Crippen LogP contribution in [0.5, 0.6) is 0 Å². The van der Waals surface area contributed by atoms with E-state index >= 15 is 0 Å². The van der Waals surface area contributed by atoms with Gasteiger partial charge < -0.3 is 20.8 Å². The molecule has 2 aromatic carbocycles. The SMILES string of the molecule is CCC(NC(=O)c1ccccc1SSc1ccccc1C(=O)NC(CC)C(=O)O)C(=O)O. The molecule has 0 saturated carbocycles. The van der Waals surface area contributed by atoms with Gasteiger partial charge in [-0.15, -0.1) is 0 Å². The summed E-state index contributed by atoms with van der Waals surface area (Å²) in [7, 11) is 2.49. The fraction of sp³-hybridized carbons (Fsp3) is 0.273. The van der Waals surface area contributed by atoms with Gasteiger partial charge in [0.15, 0.2) is 0 Å². The Labute approximate surface area is 193 Å². The Morgan fingerprint density at radius 2 is 1.06 bits per heavy atom. The van der Waals surface area contributed by atoms with Crippen LogP contribution in [0, 0.1) is 0 Å². The average Bonchev–Trinajstić information content (AvgIpc) is 2.79. The van der Waals surface area contributed by atoms with Crippen molar-refractivity contribution in [2.75, 3.05) is 0 Å². The highest BCUT2D eigenvalue weighted by Gasteiger charge is 2.22. The molecule has 4 N–H and O–H groups in total. The van der Waals surface area contributed by atoms with Crippen LogP contribution in [0.3, 0.4) is 0 Å². The zero-order valence-corrected chi connectivity index (χ0v) is 19.2. The summed E-state index contributed by atoms with van der Waals surface area (Å²) in [5, 5.41) is 23.4. The van der Waals surface area contributed by atoms with Crippen molar-refractivity contribution < 1.29 is 29.4 Å². The summed E-state index contributed by atoms with van der Waals surface area (Å²) in [6, 6.07) is 11.6. The normalized spacial score (nSPS) is 12.4. The molecule has 2 aromatic rings. The Bertz CT molecular complexity index is 918. The molecule has 2 atom stereocenters. The van der Waals surface area contributed by atoms with Crippen LogP contribution in [-0.4, -0.2) is 46.0 Å². The van der Waals surface area contributed by atoms with E-state index in [-0.39, 0.29) is 12.8 Å². The molecule has 32 heavy (non-hydrogen) atoms. The first kappa shape index (κ1) is 25.3. The Balaban J connectivity index is 2.19. The Kier molecular flexibility index (Phi) is 9.61. The van der Waals surface area contributed by atoms with Crippen molar-refractivity contribution in [2.24, 2.45) is 0 Å². The summed E-state index contributed by atoms with van der Waals surface area (Å²) in [4.78, 5) is 48.9. The van der Waals surface area contributed by atoms with Crippen LogP contribution in [-0.2, 0) is 9.59 Å². The summed E-state index contributed by atoms with van der Waals surface area (Å²) >= 11 is 0. The van der Waals surface area contributed by atoms with Gasteiger partial charge in [-0.1, -0.05) is 59.7 Å². The van der Waals surface area contributed by atoms with Crippen molar-refractivity contribution in [2.45, 2.75) is 48.6 Å². The molecule has 0 bridgehead atoms. The summed E-state index contributed by atoms with van der Waals surface area (Å²) in [6.07, 6.45) is 0.505. The number of hydrogen-bond donors (Lipinski definition) is 4. The van der Waals surface area contributed by atoms with Gasteiger partial charge in [-0.3, -0.25) is 9.59 Å². The number of benzene rings is 2. The highest BCUT2D eigenvalue weighted by Crippen LogP contribution is 2.40. The number of carbonyl (C=O) groups is 4. The lowest BCUT2D eigenvalue weighted by molar-refractivity contribution is -0.140. The fourth-order valence-electron chi connectivity index (χ4n) is 2.69. The first-order valence-electron chi connectivity index (χ1n) is 9.88. The molecule has 0 heterocycles. The number of aliphatic carboxylic acids is 2. The topological polar surface area (TPSA) is 133 Å². The van der Waals surface area contributed by atoms with Gasteiger partial charge in [0.1, 0.15) is 12.1 Å². The minimum Gasteiger partial charge on any atom is -0.480 e. The van der Waals surface area contributed by atoms with Crippen LogP contribution in [0.15, 0.2) is 58.3 Å². The third kappa shape index (κ3) is 6.76. The van der Waals surface area contributed by atoms with E-state index in [4.69, 9.17) is 0 Å². The van der Waals surface area contributed by atoms with Crippen molar-refractivity contribution in [3.8, 4) is 0 Å². The van der Waals surface area contributed by atoms with Gasteiger partial charge in [0, 0.05) is 9.79 Å². The molecule has 2 rings (SSSR count). The predicted molar refractivity (Wildman–Crippen MR) is 123 cm³/mol. The molecule has 0 aliphatic rings. The van der Waals surface area contributed by atoms with Crippen molar-refractivity contribution in [3.63, 3.8) is 0 Å². The van der Waals surface area contributed by atoms with Gasteiger partial charge in [-0.05, 0) is 37.1 Å². The molecule has 170 valence electrons. The maximum Gasteiger partial charge on any atom is 0.326 e. The molecule has 8 nitrogen and oxygen atoms in total. The first-order chi connectivity index (χ1) is 15.3. The van der Waals surface area contributed by atoms with Gasteiger partial charge >= 0.3 is 11.9 Å². The van der Waals surface area contributed by atoms with Crippen LogP contribution in [0.4, 0.5) is 0 Å². The molecule has 0 aromatic heterocycles. The lowest BCUT2D eigenvalue weighted by atomic mass is 10.1. The maximum absolute atomic E-state index is 12.6. The number of hydrogen-bond acceptors (Lipinski definition) is 6. The number of amides is 2. The lowest BCUT2D eigenvalue weighted by Gasteiger charge is -2.15. The fourth-order valence-corrected chi connectivity index (χ4v) is 5.05. The van der Waals surface area contributed by atoms with Crippen LogP contribution >= 0.6 is 21.6 Å². The maximum atomic E-state index is 12.6. The van der Waals surface area contributed by atoms with E-state index in [1.54, 1.807) is 62.4 Å². The van der Waals surface area contributed by atoms with Crippen LogP contribution in [0.2, 0.25) is 0 Å². The van der Waals surface area contributed by atoms with E-state index in [1.165, 1.54) is 21.6 Å². The van der Waals surface area contributed by atoms with E-state index in [0.717, 1.165) is 0 Å². The quantitative estimate of drug-likeness (QED) is 0.361. The molecule has 0 aliphatic heterocycles. The molecule has 0 fully saturated rings. The Hall–Kier alpha value is -2.98. The molecule has 10 heteroatoms. The summed E-state index contributed by atoms with van der Waals surface area (Å²) < 4.78 is 0. The second kappa shape index (κ2) is 12.2. The lowest BCUT2D eigenvalue weighted by Crippen LogP contribution is -2.40.